The summed E-state index contributed by atoms with van der Waals surface area (Å²) in [5.41, 5.74) is 1.43. The predicted octanol–water partition coefficient (Wildman–Crippen LogP) is 2.53. The summed E-state index contributed by atoms with van der Waals surface area (Å²) in [5.74, 6) is 0. The first-order valence-electron chi connectivity index (χ1n) is 8.16. The molecule has 2 aromatic rings. The van der Waals surface area contributed by atoms with Crippen LogP contribution in [0.25, 0.3) is 0 Å². The van der Waals surface area contributed by atoms with Gasteiger partial charge in [-0.2, -0.15) is 0 Å². The fourth-order valence-electron chi connectivity index (χ4n) is 2.59. The van der Waals surface area contributed by atoms with E-state index < -0.39 is 0 Å². The van der Waals surface area contributed by atoms with Crippen molar-refractivity contribution in [1.29, 1.82) is 0 Å². The molecule has 0 aliphatic carbocycles. The highest BCUT2D eigenvalue weighted by Crippen LogP contribution is 2.07. The number of para-hydroxylation sites is 1. The lowest BCUT2D eigenvalue weighted by Crippen LogP contribution is -2.38. The largest absolute Gasteiger partial charge is 0.385 e. The Morgan fingerprint density at radius 3 is 2.43 bits per heavy atom. The van der Waals surface area contributed by atoms with E-state index in [2.05, 4.69) is 17.4 Å². The maximum Gasteiger partial charge on any atom is 0.330 e. The van der Waals surface area contributed by atoms with E-state index >= 15 is 0 Å². The second kappa shape index (κ2) is 8.36. The van der Waals surface area contributed by atoms with E-state index in [0.29, 0.717) is 6.54 Å². The van der Waals surface area contributed by atoms with Crippen LogP contribution in [0.2, 0.25) is 0 Å². The second-order valence-corrected chi connectivity index (χ2v) is 5.82. The molecule has 0 bridgehead atoms. The number of hydrogen-bond acceptors (Lipinski definition) is 3. The van der Waals surface area contributed by atoms with Crippen LogP contribution in [0.3, 0.4) is 0 Å². The molecule has 1 aromatic heterocycles. The first-order chi connectivity index (χ1) is 11.1. The summed E-state index contributed by atoms with van der Waals surface area (Å²) in [5, 5.41) is 3.39. The number of unbranched alkanes of at least 4 members (excludes halogenated alkanes) is 3. The van der Waals surface area contributed by atoms with Crippen LogP contribution in [-0.4, -0.2) is 15.7 Å². The Morgan fingerprint density at radius 1 is 1.00 bits per heavy atom. The summed E-state index contributed by atoms with van der Waals surface area (Å²) in [7, 11) is 1.52. The highest BCUT2D eigenvalue weighted by Gasteiger charge is 2.05. The maximum atomic E-state index is 12.0. The van der Waals surface area contributed by atoms with Crippen molar-refractivity contribution in [3.63, 3.8) is 0 Å². The van der Waals surface area contributed by atoms with E-state index in [1.165, 1.54) is 13.1 Å². The second-order valence-electron chi connectivity index (χ2n) is 5.82. The minimum absolute atomic E-state index is 0.222. The number of benzene rings is 1. The Kier molecular flexibility index (Phi) is 6.20. The molecule has 1 heterocycles. The maximum absolute atomic E-state index is 12.0. The first-order valence-corrected chi connectivity index (χ1v) is 8.16. The van der Waals surface area contributed by atoms with Crippen LogP contribution < -0.4 is 16.6 Å². The van der Waals surface area contributed by atoms with Crippen molar-refractivity contribution in [3.8, 4) is 0 Å². The van der Waals surface area contributed by atoms with Gasteiger partial charge in [-0.3, -0.25) is 13.9 Å². The van der Waals surface area contributed by atoms with E-state index in [-0.39, 0.29) is 11.2 Å². The van der Waals surface area contributed by atoms with E-state index in [9.17, 15) is 9.59 Å². The summed E-state index contributed by atoms with van der Waals surface area (Å²) in [6.07, 6.45) is 4.25. The molecule has 1 N–H and O–H groups in total. The minimum atomic E-state index is -0.240. The van der Waals surface area contributed by atoms with Crippen molar-refractivity contribution in [2.75, 3.05) is 11.9 Å². The SMILES string of the molecule is Cc1cc(=O)n(C)c(=O)n1CCCCCCNc1ccccc1. The molecule has 0 saturated heterocycles. The van der Waals surface area contributed by atoms with E-state index in [1.54, 1.807) is 4.57 Å². The van der Waals surface area contributed by atoms with Gasteiger partial charge < -0.3 is 5.32 Å². The Labute approximate surface area is 136 Å². The molecule has 0 amide bonds. The molecule has 5 heteroatoms. The van der Waals surface area contributed by atoms with Gasteiger partial charge >= 0.3 is 5.69 Å². The molecule has 2 rings (SSSR count). The molecule has 0 aliphatic rings. The Hall–Kier alpha value is -2.30. The molecule has 0 radical (unpaired) electrons. The number of aryl methyl sites for hydroxylation is 1. The molecule has 0 atom stereocenters. The normalized spacial score (nSPS) is 10.7. The zero-order chi connectivity index (χ0) is 16.7. The van der Waals surface area contributed by atoms with Crippen LogP contribution in [0.1, 0.15) is 31.4 Å². The average molecular weight is 315 g/mol. The van der Waals surface area contributed by atoms with Crippen LogP contribution in [0.5, 0.6) is 0 Å². The van der Waals surface area contributed by atoms with Crippen molar-refractivity contribution >= 4 is 5.69 Å². The third-order valence-corrected chi connectivity index (χ3v) is 4.02. The van der Waals surface area contributed by atoms with Gasteiger partial charge in [0.2, 0.25) is 0 Å². The van der Waals surface area contributed by atoms with E-state index in [1.807, 2.05) is 25.1 Å². The van der Waals surface area contributed by atoms with Crippen molar-refractivity contribution in [2.24, 2.45) is 7.05 Å². The molecule has 5 nitrogen and oxygen atoms in total. The van der Waals surface area contributed by atoms with Crippen LogP contribution >= 0.6 is 0 Å². The summed E-state index contributed by atoms with van der Waals surface area (Å²) < 4.78 is 2.85. The van der Waals surface area contributed by atoms with Gasteiger partial charge in [-0.05, 0) is 31.9 Å². The number of nitrogens with zero attached hydrogens (tertiary/aromatic N) is 2. The standard InChI is InChI=1S/C18H25N3O2/c1-15-14-17(22)20(2)18(23)21(15)13-9-4-3-8-12-19-16-10-6-5-7-11-16/h5-7,10-11,14,19H,3-4,8-9,12-13H2,1-2H3. The van der Waals surface area contributed by atoms with Gasteiger partial charge in [-0.1, -0.05) is 31.0 Å². The molecule has 0 unspecified atom stereocenters. The topological polar surface area (TPSA) is 56.0 Å². The smallest absolute Gasteiger partial charge is 0.330 e. The molecule has 124 valence electrons. The molecule has 23 heavy (non-hydrogen) atoms. The predicted molar refractivity (Wildman–Crippen MR) is 94.1 cm³/mol. The molecule has 0 saturated carbocycles. The number of aromatic nitrogens is 2. The van der Waals surface area contributed by atoms with Gasteiger partial charge in [0.05, 0.1) is 0 Å². The van der Waals surface area contributed by atoms with Crippen LogP contribution in [0.4, 0.5) is 5.69 Å². The Morgan fingerprint density at radius 2 is 1.70 bits per heavy atom. The lowest BCUT2D eigenvalue weighted by atomic mass is 10.2. The molecular formula is C18H25N3O2. The molecule has 0 spiro atoms. The third kappa shape index (κ3) is 4.84. The number of rotatable bonds is 8. The summed E-state index contributed by atoms with van der Waals surface area (Å²) in [6, 6.07) is 11.7. The average Bonchev–Trinajstić information content (AvgIpc) is 2.55. The van der Waals surface area contributed by atoms with Crippen LogP contribution in [-0.2, 0) is 13.6 Å². The molecule has 0 aliphatic heterocycles. The van der Waals surface area contributed by atoms with Crippen LogP contribution in [0, 0.1) is 6.92 Å². The Bertz CT molecular complexity index is 732. The Balaban J connectivity index is 1.69. The highest BCUT2D eigenvalue weighted by molar-refractivity contribution is 5.42. The fraction of sp³-hybridized carbons (Fsp3) is 0.444. The number of hydrogen-bond donors (Lipinski definition) is 1. The van der Waals surface area contributed by atoms with Crippen molar-refractivity contribution < 1.29 is 0 Å². The first kappa shape index (κ1) is 17.1. The quantitative estimate of drug-likeness (QED) is 0.762. The number of nitrogens with one attached hydrogen (secondary N) is 1. The summed E-state index contributed by atoms with van der Waals surface area (Å²) in [4.78, 5) is 23.6. The number of anilines is 1. The zero-order valence-corrected chi connectivity index (χ0v) is 13.9. The third-order valence-electron chi connectivity index (χ3n) is 4.02. The molecule has 0 fully saturated rings. The van der Waals surface area contributed by atoms with Gasteiger partial charge in [0.1, 0.15) is 0 Å². The highest BCUT2D eigenvalue weighted by atomic mass is 16.2. The monoisotopic (exact) mass is 315 g/mol. The van der Waals surface area contributed by atoms with Gasteiger partial charge in [0, 0.05) is 37.6 Å². The van der Waals surface area contributed by atoms with E-state index in [0.717, 1.165) is 48.2 Å². The summed E-state index contributed by atoms with van der Waals surface area (Å²) in [6.45, 7) is 3.44. The van der Waals surface area contributed by atoms with E-state index in [4.69, 9.17) is 0 Å². The van der Waals surface area contributed by atoms with Gasteiger partial charge in [-0.25, -0.2) is 4.79 Å². The van der Waals surface area contributed by atoms with Crippen molar-refractivity contribution in [1.82, 2.24) is 9.13 Å². The zero-order valence-electron chi connectivity index (χ0n) is 13.9. The fourth-order valence-corrected chi connectivity index (χ4v) is 2.59. The molecular weight excluding hydrogens is 290 g/mol. The lowest BCUT2D eigenvalue weighted by molar-refractivity contribution is 0.528. The van der Waals surface area contributed by atoms with Gasteiger partial charge in [-0.15, -0.1) is 0 Å². The van der Waals surface area contributed by atoms with Gasteiger partial charge in [0.25, 0.3) is 5.56 Å². The van der Waals surface area contributed by atoms with Crippen LogP contribution in [0.15, 0.2) is 46.0 Å². The molecule has 1 aromatic carbocycles. The van der Waals surface area contributed by atoms with Crippen molar-refractivity contribution in [2.45, 2.75) is 39.2 Å². The lowest BCUT2D eigenvalue weighted by Gasteiger charge is -2.11. The van der Waals surface area contributed by atoms with Crippen molar-refractivity contribution in [3.05, 3.63) is 62.9 Å². The van der Waals surface area contributed by atoms with Gasteiger partial charge in [0.15, 0.2) is 0 Å². The minimum Gasteiger partial charge on any atom is -0.385 e. The summed E-state index contributed by atoms with van der Waals surface area (Å²) >= 11 is 0.